The molecular formula is C14H21N3O. The summed E-state index contributed by atoms with van der Waals surface area (Å²) in [7, 11) is 0. The molecular weight excluding hydrogens is 226 g/mol. The summed E-state index contributed by atoms with van der Waals surface area (Å²) in [6.07, 6.45) is 2.43. The molecule has 0 amide bonds. The number of hydrogen-bond acceptors (Lipinski definition) is 3. The van der Waals surface area contributed by atoms with Crippen LogP contribution in [0.3, 0.4) is 0 Å². The van der Waals surface area contributed by atoms with Crippen LogP contribution in [0.4, 0.5) is 5.69 Å². The van der Waals surface area contributed by atoms with Gasteiger partial charge in [0.25, 0.3) is 0 Å². The topological polar surface area (TPSA) is 61.8 Å². The Labute approximate surface area is 108 Å². The molecule has 0 aromatic heterocycles. The van der Waals surface area contributed by atoms with E-state index in [-0.39, 0.29) is 5.84 Å². The lowest BCUT2D eigenvalue weighted by atomic mass is 10.1. The number of benzene rings is 1. The van der Waals surface area contributed by atoms with Crippen molar-refractivity contribution < 1.29 is 5.21 Å². The van der Waals surface area contributed by atoms with Crippen molar-refractivity contribution in [1.82, 2.24) is 0 Å². The van der Waals surface area contributed by atoms with Crippen LogP contribution in [0.2, 0.25) is 0 Å². The first-order valence-corrected chi connectivity index (χ1v) is 6.49. The van der Waals surface area contributed by atoms with E-state index in [1.54, 1.807) is 0 Å². The Morgan fingerprint density at radius 2 is 2.33 bits per heavy atom. The zero-order valence-electron chi connectivity index (χ0n) is 11.1. The predicted octanol–water partition coefficient (Wildman–Crippen LogP) is 2.33. The van der Waals surface area contributed by atoms with Crippen molar-refractivity contribution in [3.8, 4) is 0 Å². The van der Waals surface area contributed by atoms with Gasteiger partial charge in [0, 0.05) is 24.3 Å². The molecule has 3 N–H and O–H groups in total. The second-order valence-electron chi connectivity index (χ2n) is 5.01. The Hall–Kier alpha value is -1.71. The van der Waals surface area contributed by atoms with Gasteiger partial charge in [-0.3, -0.25) is 0 Å². The average molecular weight is 247 g/mol. The zero-order valence-corrected chi connectivity index (χ0v) is 11.1. The third-order valence-electron chi connectivity index (χ3n) is 3.74. The van der Waals surface area contributed by atoms with Gasteiger partial charge >= 0.3 is 0 Å². The van der Waals surface area contributed by atoms with Crippen LogP contribution in [0.15, 0.2) is 23.4 Å². The molecule has 0 spiro atoms. The van der Waals surface area contributed by atoms with Crippen LogP contribution in [-0.4, -0.2) is 24.1 Å². The highest BCUT2D eigenvalue weighted by molar-refractivity contribution is 6.02. The van der Waals surface area contributed by atoms with Gasteiger partial charge in [0.2, 0.25) is 0 Å². The first-order chi connectivity index (χ1) is 8.65. The Morgan fingerprint density at radius 1 is 1.56 bits per heavy atom. The summed E-state index contributed by atoms with van der Waals surface area (Å²) in [6.45, 7) is 6.35. The number of amidine groups is 1. The lowest BCUT2D eigenvalue weighted by Gasteiger charge is -2.22. The molecule has 4 nitrogen and oxygen atoms in total. The number of nitrogens with zero attached hydrogens (tertiary/aromatic N) is 2. The molecule has 1 aliphatic heterocycles. The van der Waals surface area contributed by atoms with Crippen molar-refractivity contribution >= 4 is 11.5 Å². The number of rotatable bonds is 3. The monoisotopic (exact) mass is 247 g/mol. The summed E-state index contributed by atoms with van der Waals surface area (Å²) in [5.74, 6) is 0.945. The van der Waals surface area contributed by atoms with Crippen LogP contribution in [0.25, 0.3) is 0 Å². The van der Waals surface area contributed by atoms with Gasteiger partial charge in [-0.1, -0.05) is 30.1 Å². The summed E-state index contributed by atoms with van der Waals surface area (Å²) < 4.78 is 0. The maximum Gasteiger partial charge on any atom is 0.172 e. The predicted molar refractivity (Wildman–Crippen MR) is 74.3 cm³/mol. The summed E-state index contributed by atoms with van der Waals surface area (Å²) in [5, 5.41) is 12.0. The summed E-state index contributed by atoms with van der Waals surface area (Å²) >= 11 is 0. The van der Waals surface area contributed by atoms with E-state index in [0.29, 0.717) is 0 Å². The molecule has 18 heavy (non-hydrogen) atoms. The average Bonchev–Trinajstić information content (AvgIpc) is 2.86. The lowest BCUT2D eigenvalue weighted by molar-refractivity contribution is 0.318. The maximum absolute atomic E-state index is 8.89. The molecule has 0 radical (unpaired) electrons. The molecule has 0 saturated carbocycles. The molecule has 1 heterocycles. The number of nitrogens with two attached hydrogens (primary N) is 1. The van der Waals surface area contributed by atoms with E-state index >= 15 is 0 Å². The van der Waals surface area contributed by atoms with Crippen LogP contribution >= 0.6 is 0 Å². The smallest absolute Gasteiger partial charge is 0.172 e. The molecule has 1 atom stereocenters. The van der Waals surface area contributed by atoms with Gasteiger partial charge in [0.15, 0.2) is 5.84 Å². The molecule has 1 aromatic carbocycles. The van der Waals surface area contributed by atoms with Crippen molar-refractivity contribution in [2.24, 2.45) is 16.8 Å². The highest BCUT2D eigenvalue weighted by Crippen LogP contribution is 2.29. The van der Waals surface area contributed by atoms with Gasteiger partial charge in [-0.25, -0.2) is 0 Å². The summed E-state index contributed by atoms with van der Waals surface area (Å²) in [6, 6.07) is 6.12. The quantitative estimate of drug-likeness (QED) is 0.373. The molecule has 1 unspecified atom stereocenters. The van der Waals surface area contributed by atoms with Gasteiger partial charge in [0.05, 0.1) is 0 Å². The molecule has 1 aliphatic rings. The third-order valence-corrected chi connectivity index (χ3v) is 3.74. The Kier molecular flexibility index (Phi) is 3.75. The zero-order chi connectivity index (χ0) is 13.1. The number of anilines is 1. The first-order valence-electron chi connectivity index (χ1n) is 6.49. The lowest BCUT2D eigenvalue weighted by Crippen LogP contribution is -2.24. The molecule has 4 heteroatoms. The highest BCUT2D eigenvalue weighted by Gasteiger charge is 2.23. The first kappa shape index (κ1) is 12.7. The highest BCUT2D eigenvalue weighted by atomic mass is 16.4. The Bertz CT molecular complexity index is 456. The van der Waals surface area contributed by atoms with E-state index < -0.39 is 0 Å². The Morgan fingerprint density at radius 3 is 2.94 bits per heavy atom. The van der Waals surface area contributed by atoms with Gasteiger partial charge in [-0.05, 0) is 31.4 Å². The summed E-state index contributed by atoms with van der Waals surface area (Å²) in [4.78, 5) is 2.33. The van der Waals surface area contributed by atoms with Crippen LogP contribution in [-0.2, 0) is 0 Å². The van der Waals surface area contributed by atoms with Gasteiger partial charge in [-0.15, -0.1) is 0 Å². The number of aryl methyl sites for hydroxylation is 1. The minimum absolute atomic E-state index is 0.189. The van der Waals surface area contributed by atoms with E-state index in [0.717, 1.165) is 35.8 Å². The van der Waals surface area contributed by atoms with Crippen molar-refractivity contribution in [1.29, 1.82) is 0 Å². The van der Waals surface area contributed by atoms with E-state index in [2.05, 4.69) is 29.1 Å². The molecule has 0 aliphatic carbocycles. The standard InChI is InChI=1S/C14H21N3O/c1-3-11-6-7-17(9-11)13-5-4-10(2)8-12(13)14(15)16-18/h4-5,8,11,18H,3,6-7,9H2,1-2H3,(H2,15,16). The fourth-order valence-corrected chi connectivity index (χ4v) is 2.57. The molecule has 2 rings (SSSR count). The van der Waals surface area contributed by atoms with Crippen LogP contribution in [0, 0.1) is 12.8 Å². The van der Waals surface area contributed by atoms with Crippen molar-refractivity contribution in [2.45, 2.75) is 26.7 Å². The second kappa shape index (κ2) is 5.29. The van der Waals surface area contributed by atoms with Gasteiger partial charge < -0.3 is 15.8 Å². The van der Waals surface area contributed by atoms with Crippen molar-refractivity contribution in [3.05, 3.63) is 29.3 Å². The van der Waals surface area contributed by atoms with Crippen molar-refractivity contribution in [3.63, 3.8) is 0 Å². The summed E-state index contributed by atoms with van der Waals surface area (Å²) in [5.41, 5.74) is 8.79. The molecule has 1 saturated heterocycles. The molecule has 0 bridgehead atoms. The van der Waals surface area contributed by atoms with E-state index in [4.69, 9.17) is 10.9 Å². The maximum atomic E-state index is 8.89. The SMILES string of the molecule is CCC1CCN(c2ccc(C)cc2/C(N)=N/O)C1. The molecule has 1 fully saturated rings. The second-order valence-corrected chi connectivity index (χ2v) is 5.01. The van der Waals surface area contributed by atoms with E-state index in [1.165, 1.54) is 12.8 Å². The van der Waals surface area contributed by atoms with Crippen LogP contribution in [0.1, 0.15) is 30.9 Å². The molecule has 1 aromatic rings. The van der Waals surface area contributed by atoms with Gasteiger partial charge in [-0.2, -0.15) is 0 Å². The largest absolute Gasteiger partial charge is 0.409 e. The minimum atomic E-state index is 0.189. The van der Waals surface area contributed by atoms with Crippen molar-refractivity contribution in [2.75, 3.05) is 18.0 Å². The third kappa shape index (κ3) is 2.42. The normalized spacial score (nSPS) is 20.4. The minimum Gasteiger partial charge on any atom is -0.409 e. The Balaban J connectivity index is 2.33. The van der Waals surface area contributed by atoms with E-state index in [1.807, 2.05) is 13.0 Å². The fourth-order valence-electron chi connectivity index (χ4n) is 2.57. The fraction of sp³-hybridized carbons (Fsp3) is 0.500. The number of hydrogen-bond donors (Lipinski definition) is 2. The van der Waals surface area contributed by atoms with E-state index in [9.17, 15) is 0 Å². The van der Waals surface area contributed by atoms with Crippen LogP contribution in [0.5, 0.6) is 0 Å². The van der Waals surface area contributed by atoms with Gasteiger partial charge in [0.1, 0.15) is 0 Å². The number of oxime groups is 1. The molecule has 98 valence electrons. The van der Waals surface area contributed by atoms with Crippen LogP contribution < -0.4 is 10.6 Å².